The zero-order chi connectivity index (χ0) is 21.1. The van der Waals surface area contributed by atoms with E-state index in [1.807, 2.05) is 0 Å². The normalized spacial score (nSPS) is 37.3. The number of hydrogen-bond acceptors (Lipinski definition) is 4. The number of amides is 1. The van der Waals surface area contributed by atoms with Gasteiger partial charge in [-0.25, -0.2) is 0 Å². The molecular formula is C21H28ClN3O4S. The molecule has 1 aliphatic heterocycles. The van der Waals surface area contributed by atoms with Crippen molar-refractivity contribution in [2.45, 2.75) is 50.2 Å². The molecule has 6 rings (SSSR count). The Morgan fingerprint density at radius 2 is 1.80 bits per heavy atom. The maximum Gasteiger partial charge on any atom is 0.304 e. The number of nitrogens with zero attached hydrogens (tertiary/aromatic N) is 2. The van der Waals surface area contributed by atoms with E-state index in [9.17, 15) is 18.3 Å². The first-order chi connectivity index (χ1) is 14.2. The molecular weight excluding hydrogens is 426 g/mol. The van der Waals surface area contributed by atoms with Gasteiger partial charge in [0.1, 0.15) is 0 Å². The molecule has 2 N–H and O–H groups in total. The lowest BCUT2D eigenvalue weighted by atomic mass is 9.52. The van der Waals surface area contributed by atoms with Crippen molar-refractivity contribution in [2.24, 2.45) is 17.8 Å². The van der Waals surface area contributed by atoms with Gasteiger partial charge in [-0.1, -0.05) is 11.6 Å². The van der Waals surface area contributed by atoms with Crippen molar-refractivity contribution in [3.05, 3.63) is 29.3 Å². The Morgan fingerprint density at radius 3 is 2.43 bits per heavy atom. The Bertz CT molecular complexity index is 922. The molecule has 0 aromatic heterocycles. The highest BCUT2D eigenvalue weighted by Crippen LogP contribution is 2.55. The van der Waals surface area contributed by atoms with Gasteiger partial charge in [-0.05, 0) is 80.5 Å². The molecule has 1 aromatic rings. The Kier molecular flexibility index (Phi) is 5.04. The summed E-state index contributed by atoms with van der Waals surface area (Å²) in [6, 6.07) is 6.75. The Hall–Kier alpha value is -1.35. The Morgan fingerprint density at radius 1 is 1.13 bits per heavy atom. The first-order valence-electron chi connectivity index (χ1n) is 10.8. The number of rotatable bonds is 4. The van der Waals surface area contributed by atoms with Gasteiger partial charge in [0.25, 0.3) is 0 Å². The number of hydrogen-bond donors (Lipinski definition) is 2. The van der Waals surface area contributed by atoms with Gasteiger partial charge >= 0.3 is 10.2 Å². The summed E-state index contributed by atoms with van der Waals surface area (Å²) < 4.78 is 28.9. The molecule has 7 nitrogen and oxygen atoms in total. The largest absolute Gasteiger partial charge is 0.390 e. The molecule has 0 radical (unpaired) electrons. The molecule has 4 bridgehead atoms. The average molecular weight is 454 g/mol. The third-order valence-electron chi connectivity index (χ3n) is 7.38. The van der Waals surface area contributed by atoms with Crippen LogP contribution in [-0.4, -0.2) is 55.0 Å². The predicted octanol–water partition coefficient (Wildman–Crippen LogP) is 2.15. The van der Waals surface area contributed by atoms with Gasteiger partial charge in [0.05, 0.1) is 17.8 Å². The number of anilines is 1. The predicted molar refractivity (Wildman–Crippen MR) is 114 cm³/mol. The zero-order valence-corrected chi connectivity index (χ0v) is 18.4. The van der Waals surface area contributed by atoms with Crippen LogP contribution >= 0.6 is 11.6 Å². The van der Waals surface area contributed by atoms with Gasteiger partial charge in [-0.15, -0.1) is 0 Å². The molecule has 30 heavy (non-hydrogen) atoms. The van der Waals surface area contributed by atoms with Gasteiger partial charge in [0, 0.05) is 24.2 Å². The van der Waals surface area contributed by atoms with Crippen LogP contribution in [0.3, 0.4) is 0 Å². The van der Waals surface area contributed by atoms with Gasteiger partial charge in [-0.2, -0.15) is 12.7 Å². The van der Waals surface area contributed by atoms with Crippen molar-refractivity contribution in [1.29, 1.82) is 0 Å². The molecule has 9 heteroatoms. The summed E-state index contributed by atoms with van der Waals surface area (Å²) in [6.07, 6.45) is 5.15. The molecule has 5 fully saturated rings. The second kappa shape index (κ2) is 7.36. The summed E-state index contributed by atoms with van der Waals surface area (Å²) in [5.74, 6) is 0.916. The van der Waals surface area contributed by atoms with E-state index in [-0.39, 0.29) is 18.5 Å². The van der Waals surface area contributed by atoms with E-state index in [0.29, 0.717) is 48.0 Å². The maximum absolute atomic E-state index is 13.1. The first kappa shape index (κ1) is 20.5. The van der Waals surface area contributed by atoms with Crippen molar-refractivity contribution in [2.75, 3.05) is 23.9 Å². The third-order valence-corrected chi connectivity index (χ3v) is 9.54. The van der Waals surface area contributed by atoms with Gasteiger partial charge in [0.2, 0.25) is 5.91 Å². The summed E-state index contributed by atoms with van der Waals surface area (Å²) in [4.78, 5) is 12.8. The van der Waals surface area contributed by atoms with Crippen molar-refractivity contribution < 1.29 is 18.3 Å². The molecule has 2 atom stereocenters. The number of carbonyl (C=O) groups is 1. The minimum Gasteiger partial charge on any atom is -0.390 e. The minimum atomic E-state index is -3.77. The van der Waals surface area contributed by atoms with Crippen molar-refractivity contribution in [1.82, 2.24) is 9.62 Å². The summed E-state index contributed by atoms with van der Waals surface area (Å²) in [5.41, 5.74) is 0.00584. The van der Waals surface area contributed by atoms with Crippen molar-refractivity contribution in [3.8, 4) is 0 Å². The molecule has 1 heterocycles. The van der Waals surface area contributed by atoms with E-state index >= 15 is 0 Å². The number of aliphatic hydroxyl groups is 1. The quantitative estimate of drug-likeness (QED) is 0.731. The lowest BCUT2D eigenvalue weighted by molar-refractivity contribution is -0.146. The topological polar surface area (TPSA) is 90.0 Å². The second-order valence-electron chi connectivity index (χ2n) is 9.53. The maximum atomic E-state index is 13.1. The number of halogens is 1. The summed E-state index contributed by atoms with van der Waals surface area (Å²) >= 11 is 5.93. The number of nitrogens with one attached hydrogen (secondary N) is 1. The van der Waals surface area contributed by atoms with Crippen molar-refractivity contribution >= 4 is 33.4 Å². The zero-order valence-electron chi connectivity index (χ0n) is 16.8. The van der Waals surface area contributed by atoms with E-state index in [1.165, 1.54) is 8.61 Å². The third kappa shape index (κ3) is 3.61. The minimum absolute atomic E-state index is 0.0502. The monoisotopic (exact) mass is 453 g/mol. The summed E-state index contributed by atoms with van der Waals surface area (Å²) in [6.45, 7) is 0.546. The van der Waals surface area contributed by atoms with Crippen LogP contribution < -0.4 is 9.62 Å². The average Bonchev–Trinajstić information content (AvgIpc) is 2.66. The van der Waals surface area contributed by atoms with Crippen LogP contribution in [0, 0.1) is 17.8 Å². The summed E-state index contributed by atoms with van der Waals surface area (Å²) in [5, 5.41) is 14.4. The summed E-state index contributed by atoms with van der Waals surface area (Å²) in [7, 11) is -3.77. The van der Waals surface area contributed by atoms with E-state index in [1.54, 1.807) is 24.3 Å². The highest BCUT2D eigenvalue weighted by molar-refractivity contribution is 7.90. The molecule has 4 saturated carbocycles. The molecule has 1 saturated heterocycles. The van der Waals surface area contributed by atoms with Gasteiger partial charge in [0.15, 0.2) is 0 Å². The smallest absolute Gasteiger partial charge is 0.304 e. The Labute approximate surface area is 182 Å². The van der Waals surface area contributed by atoms with Crippen LogP contribution in [0.4, 0.5) is 5.69 Å². The van der Waals surface area contributed by atoms with Crippen molar-refractivity contribution in [3.63, 3.8) is 0 Å². The van der Waals surface area contributed by atoms with Crippen LogP contribution in [0.2, 0.25) is 5.02 Å². The first-order valence-corrected chi connectivity index (χ1v) is 12.6. The lowest BCUT2D eigenvalue weighted by Crippen LogP contribution is -2.62. The SMILES string of the molecule is O=C(CN1CCCN(c2ccc(Cl)cc2)S1(=O)=O)NC1C2CC3CC1CC(O)(C3)C2. The van der Waals surface area contributed by atoms with Crippen LogP contribution in [0.5, 0.6) is 0 Å². The van der Waals surface area contributed by atoms with Crippen LogP contribution in [-0.2, 0) is 15.0 Å². The molecule has 0 spiro atoms. The highest BCUT2D eigenvalue weighted by Gasteiger charge is 2.55. The standard InChI is InChI=1S/C21H28ClN3O4S/c22-17-2-4-18(5-3-17)25-7-1-6-24(30(25,28)29)13-19(26)23-20-15-8-14-9-16(20)12-21(27,10-14)11-15/h2-5,14-16,20,27H,1,6-13H2,(H,23,26). The van der Waals surface area contributed by atoms with Gasteiger partial charge < -0.3 is 10.4 Å². The molecule has 164 valence electrons. The van der Waals surface area contributed by atoms with E-state index in [2.05, 4.69) is 5.32 Å². The molecule has 5 aliphatic rings. The van der Waals surface area contributed by atoms with E-state index < -0.39 is 15.8 Å². The number of carbonyl (C=O) groups excluding carboxylic acids is 1. The molecule has 1 amide bonds. The van der Waals surface area contributed by atoms with Gasteiger partial charge in [-0.3, -0.25) is 9.10 Å². The van der Waals surface area contributed by atoms with E-state index in [4.69, 9.17) is 11.6 Å². The second-order valence-corrected chi connectivity index (χ2v) is 11.8. The molecule has 2 unspecified atom stereocenters. The fourth-order valence-corrected chi connectivity index (χ4v) is 8.19. The van der Waals surface area contributed by atoms with Crippen LogP contribution in [0.15, 0.2) is 24.3 Å². The van der Waals surface area contributed by atoms with Crippen LogP contribution in [0.1, 0.15) is 38.5 Å². The molecule has 1 aromatic carbocycles. The number of benzene rings is 1. The Balaban J connectivity index is 1.26. The highest BCUT2D eigenvalue weighted by atomic mass is 35.5. The van der Waals surface area contributed by atoms with Crippen LogP contribution in [0.25, 0.3) is 0 Å². The fourth-order valence-electron chi connectivity index (χ4n) is 6.40. The van der Waals surface area contributed by atoms with E-state index in [0.717, 1.165) is 32.1 Å². The fraction of sp³-hybridized carbons (Fsp3) is 0.667. The lowest BCUT2D eigenvalue weighted by Gasteiger charge is -2.58. The molecule has 4 aliphatic carbocycles.